The topological polar surface area (TPSA) is 75.1 Å². The summed E-state index contributed by atoms with van der Waals surface area (Å²) in [5, 5.41) is 13.4. The maximum absolute atomic E-state index is 11.4. The number of benzene rings is 2. The van der Waals surface area contributed by atoms with Crippen molar-refractivity contribution in [2.24, 2.45) is 0 Å². The second-order valence-corrected chi connectivity index (χ2v) is 6.88. The van der Waals surface area contributed by atoms with Crippen molar-refractivity contribution in [2.45, 2.75) is 0 Å². The fourth-order valence-electron chi connectivity index (χ4n) is 2.64. The summed E-state index contributed by atoms with van der Waals surface area (Å²) in [5.41, 5.74) is 1.68. The van der Waals surface area contributed by atoms with Crippen molar-refractivity contribution in [2.75, 3.05) is 5.32 Å². The van der Waals surface area contributed by atoms with Crippen LogP contribution in [-0.2, 0) is 0 Å². The third-order valence-corrected chi connectivity index (χ3v) is 5.08. The van der Waals surface area contributed by atoms with E-state index in [1.165, 1.54) is 17.4 Å². The standard InChI is InChI=1S/C19H12ClN3O2S/c20-19-22-16(21-14-9-5-4-8-12(14)18(24)25)13-10-15(26-17(13)23-19)11-6-2-1-3-7-11/h1-10H,(H,24,25)(H,21,22,23). The molecule has 2 heterocycles. The molecule has 0 atom stereocenters. The van der Waals surface area contributed by atoms with E-state index in [0.29, 0.717) is 11.5 Å². The van der Waals surface area contributed by atoms with E-state index in [2.05, 4.69) is 15.3 Å². The van der Waals surface area contributed by atoms with Crippen LogP contribution in [0.25, 0.3) is 20.7 Å². The summed E-state index contributed by atoms with van der Waals surface area (Å²) in [4.78, 5) is 21.8. The van der Waals surface area contributed by atoms with Gasteiger partial charge in [-0.25, -0.2) is 9.78 Å². The Labute approximate surface area is 157 Å². The molecule has 7 heteroatoms. The summed E-state index contributed by atoms with van der Waals surface area (Å²) < 4.78 is 0. The molecule has 2 aromatic heterocycles. The van der Waals surface area contributed by atoms with Gasteiger partial charge in [-0.3, -0.25) is 0 Å². The molecule has 26 heavy (non-hydrogen) atoms. The summed E-state index contributed by atoms with van der Waals surface area (Å²) >= 11 is 7.58. The molecular formula is C19H12ClN3O2S. The molecule has 0 bridgehead atoms. The predicted octanol–water partition coefficient (Wildman–Crippen LogP) is 5.45. The van der Waals surface area contributed by atoms with Gasteiger partial charge in [-0.05, 0) is 35.4 Å². The number of hydrogen-bond donors (Lipinski definition) is 2. The lowest BCUT2D eigenvalue weighted by atomic mass is 10.1. The van der Waals surface area contributed by atoms with Gasteiger partial charge in [0, 0.05) is 4.88 Å². The minimum absolute atomic E-state index is 0.106. The van der Waals surface area contributed by atoms with E-state index in [-0.39, 0.29) is 10.8 Å². The Morgan fingerprint density at radius 2 is 1.77 bits per heavy atom. The van der Waals surface area contributed by atoms with Crippen molar-refractivity contribution in [1.82, 2.24) is 9.97 Å². The predicted molar refractivity (Wildman–Crippen MR) is 105 cm³/mol. The van der Waals surface area contributed by atoms with Gasteiger partial charge in [-0.15, -0.1) is 11.3 Å². The molecule has 4 rings (SSSR count). The summed E-state index contributed by atoms with van der Waals surface area (Å²) in [5.74, 6) is -0.535. The molecule has 0 spiro atoms. The summed E-state index contributed by atoms with van der Waals surface area (Å²) in [6.45, 7) is 0. The number of fused-ring (bicyclic) bond motifs is 1. The summed E-state index contributed by atoms with van der Waals surface area (Å²) in [6, 6.07) is 18.6. The van der Waals surface area contributed by atoms with Crippen molar-refractivity contribution in [1.29, 1.82) is 0 Å². The molecular weight excluding hydrogens is 370 g/mol. The van der Waals surface area contributed by atoms with Crippen LogP contribution < -0.4 is 5.32 Å². The number of anilines is 2. The number of nitrogens with one attached hydrogen (secondary N) is 1. The molecule has 0 aliphatic rings. The molecule has 0 saturated heterocycles. The van der Waals surface area contributed by atoms with Gasteiger partial charge >= 0.3 is 5.97 Å². The van der Waals surface area contributed by atoms with E-state index >= 15 is 0 Å². The average molecular weight is 382 g/mol. The summed E-state index contributed by atoms with van der Waals surface area (Å²) in [7, 11) is 0. The molecule has 128 valence electrons. The number of carbonyl (C=O) groups is 1. The van der Waals surface area contributed by atoms with Gasteiger partial charge in [0.25, 0.3) is 0 Å². The van der Waals surface area contributed by atoms with Gasteiger partial charge in [-0.1, -0.05) is 42.5 Å². The zero-order valence-electron chi connectivity index (χ0n) is 13.3. The van der Waals surface area contributed by atoms with Crippen LogP contribution in [0.2, 0.25) is 5.28 Å². The Bertz CT molecular complexity index is 1110. The van der Waals surface area contributed by atoms with Crippen LogP contribution in [0, 0.1) is 0 Å². The number of rotatable bonds is 4. The molecule has 0 fully saturated rings. The van der Waals surface area contributed by atoms with Crippen LogP contribution in [0.1, 0.15) is 10.4 Å². The Kier molecular flexibility index (Phi) is 4.28. The highest BCUT2D eigenvalue weighted by molar-refractivity contribution is 7.22. The second-order valence-electron chi connectivity index (χ2n) is 5.51. The molecule has 0 amide bonds. The minimum Gasteiger partial charge on any atom is -0.478 e. The zero-order chi connectivity index (χ0) is 18.1. The number of aromatic nitrogens is 2. The first-order chi connectivity index (χ1) is 12.6. The molecule has 4 aromatic rings. The van der Waals surface area contributed by atoms with E-state index in [1.807, 2.05) is 36.4 Å². The quantitative estimate of drug-likeness (QED) is 0.459. The van der Waals surface area contributed by atoms with Crippen LogP contribution in [0.4, 0.5) is 11.5 Å². The number of hydrogen-bond acceptors (Lipinski definition) is 5. The Morgan fingerprint density at radius 1 is 1.04 bits per heavy atom. The highest BCUT2D eigenvalue weighted by atomic mass is 35.5. The largest absolute Gasteiger partial charge is 0.478 e. The van der Waals surface area contributed by atoms with E-state index in [1.54, 1.807) is 18.2 Å². The van der Waals surface area contributed by atoms with Crippen LogP contribution in [0.15, 0.2) is 60.7 Å². The number of aromatic carboxylic acids is 1. The van der Waals surface area contributed by atoms with Gasteiger partial charge in [0.2, 0.25) is 5.28 Å². The molecule has 0 saturated carbocycles. The van der Waals surface area contributed by atoms with Crippen molar-refractivity contribution in [3.8, 4) is 10.4 Å². The van der Waals surface area contributed by atoms with E-state index in [4.69, 9.17) is 11.6 Å². The minimum atomic E-state index is -1.01. The van der Waals surface area contributed by atoms with E-state index < -0.39 is 5.97 Å². The normalized spacial score (nSPS) is 10.8. The van der Waals surface area contributed by atoms with Gasteiger partial charge in [-0.2, -0.15) is 4.98 Å². The Balaban J connectivity index is 1.83. The first-order valence-electron chi connectivity index (χ1n) is 7.73. The van der Waals surface area contributed by atoms with Crippen LogP contribution >= 0.6 is 22.9 Å². The first-order valence-corrected chi connectivity index (χ1v) is 8.93. The smallest absolute Gasteiger partial charge is 0.337 e. The highest BCUT2D eigenvalue weighted by Crippen LogP contribution is 2.37. The van der Waals surface area contributed by atoms with Crippen molar-refractivity contribution in [3.63, 3.8) is 0 Å². The molecule has 0 aliphatic heterocycles. The van der Waals surface area contributed by atoms with Crippen LogP contribution in [0.5, 0.6) is 0 Å². The van der Waals surface area contributed by atoms with Gasteiger partial charge in [0.05, 0.1) is 16.6 Å². The van der Waals surface area contributed by atoms with Gasteiger partial charge < -0.3 is 10.4 Å². The number of halogens is 1. The molecule has 0 radical (unpaired) electrons. The maximum Gasteiger partial charge on any atom is 0.337 e. The second kappa shape index (κ2) is 6.74. The van der Waals surface area contributed by atoms with Crippen molar-refractivity contribution in [3.05, 3.63) is 71.5 Å². The van der Waals surface area contributed by atoms with Gasteiger partial charge in [0.15, 0.2) is 0 Å². The van der Waals surface area contributed by atoms with Crippen LogP contribution in [0.3, 0.4) is 0 Å². The summed E-state index contributed by atoms with van der Waals surface area (Å²) in [6.07, 6.45) is 0. The fourth-order valence-corrected chi connectivity index (χ4v) is 3.90. The molecule has 2 aromatic carbocycles. The first kappa shape index (κ1) is 16.5. The third-order valence-electron chi connectivity index (χ3n) is 3.83. The fraction of sp³-hybridized carbons (Fsp3) is 0. The SMILES string of the molecule is O=C(O)c1ccccc1Nc1nc(Cl)nc2sc(-c3ccccc3)cc12. The number of nitrogens with zero attached hydrogens (tertiary/aromatic N) is 2. The number of carboxylic acids is 1. The lowest BCUT2D eigenvalue weighted by Crippen LogP contribution is -2.03. The maximum atomic E-state index is 11.4. The molecule has 0 aliphatic carbocycles. The Hall–Kier alpha value is -2.96. The third kappa shape index (κ3) is 3.12. The van der Waals surface area contributed by atoms with Crippen molar-refractivity contribution >= 4 is 50.6 Å². The molecule has 5 nitrogen and oxygen atoms in total. The molecule has 2 N–H and O–H groups in total. The van der Waals surface area contributed by atoms with Crippen molar-refractivity contribution < 1.29 is 9.90 Å². The lowest BCUT2D eigenvalue weighted by Gasteiger charge is -2.09. The average Bonchev–Trinajstić information content (AvgIpc) is 3.07. The monoisotopic (exact) mass is 381 g/mol. The number of para-hydroxylation sites is 1. The van der Waals surface area contributed by atoms with E-state index in [0.717, 1.165) is 20.7 Å². The number of carboxylic acid groups (broad SMARTS) is 1. The highest BCUT2D eigenvalue weighted by Gasteiger charge is 2.15. The Morgan fingerprint density at radius 3 is 2.54 bits per heavy atom. The van der Waals surface area contributed by atoms with Crippen LogP contribution in [-0.4, -0.2) is 21.0 Å². The zero-order valence-corrected chi connectivity index (χ0v) is 14.9. The van der Waals surface area contributed by atoms with E-state index in [9.17, 15) is 9.90 Å². The lowest BCUT2D eigenvalue weighted by molar-refractivity contribution is 0.0698. The van der Waals surface area contributed by atoms with Gasteiger partial charge in [0.1, 0.15) is 10.6 Å². The number of thiophene rings is 1. The molecule has 0 unspecified atom stereocenters.